The maximum Gasteiger partial charge on any atom is 0.459 e. The van der Waals surface area contributed by atoms with Crippen molar-refractivity contribution in [3.63, 3.8) is 0 Å². The Kier molecular flexibility index (Phi) is 9.80. The summed E-state index contributed by atoms with van der Waals surface area (Å²) in [5.74, 6) is -0.699. The summed E-state index contributed by atoms with van der Waals surface area (Å²) >= 11 is 0. The Morgan fingerprint density at radius 1 is 1.28 bits per heavy atom. The molecule has 0 radical (unpaired) electrons. The third-order valence-electron chi connectivity index (χ3n) is 5.17. The van der Waals surface area contributed by atoms with Crippen LogP contribution in [0.2, 0.25) is 0 Å². The highest BCUT2D eigenvalue weighted by atomic mass is 31.2. The Morgan fingerprint density at radius 3 is 2.62 bits per heavy atom. The molecule has 0 saturated heterocycles. The maximum atomic E-state index is 15.3. The molecule has 14 nitrogen and oxygen atoms in total. The molecule has 3 rings (SSSR count). The van der Waals surface area contributed by atoms with Crippen LogP contribution in [0.1, 0.15) is 33.9 Å². The van der Waals surface area contributed by atoms with Crippen LogP contribution in [0.25, 0.3) is 11.2 Å². The number of H-pyrrole nitrogens is 1. The number of hydrogen-bond acceptors (Lipinski definition) is 11. The van der Waals surface area contributed by atoms with Crippen molar-refractivity contribution in [2.24, 2.45) is 0 Å². The molecule has 214 valence electrons. The Balaban J connectivity index is 1.77. The van der Waals surface area contributed by atoms with Gasteiger partial charge in [-0.2, -0.15) is 10.1 Å². The minimum absolute atomic E-state index is 0.0725. The number of benzene rings is 1. The highest BCUT2D eigenvalue weighted by molar-refractivity contribution is 7.52. The Morgan fingerprint density at radius 2 is 1.97 bits per heavy atom. The van der Waals surface area contributed by atoms with Crippen LogP contribution >= 0.6 is 7.75 Å². The molecule has 5 N–H and O–H groups in total. The van der Waals surface area contributed by atoms with Gasteiger partial charge in [0.05, 0.1) is 32.3 Å². The number of nitrogens with one attached hydrogen (secondary N) is 2. The normalized spacial score (nSPS) is 16.4. The molecule has 0 fully saturated rings. The molecular formula is C23H32FN6O8P. The average molecular weight is 571 g/mol. The van der Waals surface area contributed by atoms with Gasteiger partial charge in [0.25, 0.3) is 5.56 Å². The number of aromatic amines is 1. The van der Waals surface area contributed by atoms with Crippen LogP contribution in [0, 0.1) is 0 Å². The van der Waals surface area contributed by atoms with Crippen molar-refractivity contribution in [1.82, 2.24) is 24.6 Å². The Labute approximate surface area is 223 Å². The van der Waals surface area contributed by atoms with Crippen LogP contribution < -0.4 is 20.9 Å². The Hall–Kier alpha value is -3.36. The monoisotopic (exact) mass is 570 g/mol. The molecule has 2 heterocycles. The zero-order valence-corrected chi connectivity index (χ0v) is 22.8. The first-order chi connectivity index (χ1) is 18.3. The summed E-state index contributed by atoms with van der Waals surface area (Å²) < 4.78 is 51.8. The van der Waals surface area contributed by atoms with Gasteiger partial charge in [-0.3, -0.25) is 23.7 Å². The quantitative estimate of drug-likeness (QED) is 0.125. The molecule has 0 aliphatic rings. The molecule has 0 saturated carbocycles. The number of imidazole rings is 1. The van der Waals surface area contributed by atoms with Crippen LogP contribution in [0.3, 0.4) is 0 Å². The fourth-order valence-electron chi connectivity index (χ4n) is 3.39. The summed E-state index contributed by atoms with van der Waals surface area (Å²) in [6.07, 6.45) is -0.811. The van der Waals surface area contributed by atoms with Gasteiger partial charge in [-0.15, -0.1) is 0 Å². The number of anilines is 1. The first-order valence-corrected chi connectivity index (χ1v) is 13.5. The molecule has 0 amide bonds. The van der Waals surface area contributed by atoms with E-state index in [0.717, 1.165) is 17.8 Å². The lowest BCUT2D eigenvalue weighted by atomic mass is 10.1. The van der Waals surface area contributed by atoms with Crippen molar-refractivity contribution in [3.8, 4) is 5.75 Å². The number of esters is 1. The number of fused-ring (bicyclic) bond motifs is 1. The van der Waals surface area contributed by atoms with Gasteiger partial charge in [-0.05, 0) is 39.8 Å². The third kappa shape index (κ3) is 7.83. The molecule has 16 heteroatoms. The number of hydrogen-bond donors (Lipinski definition) is 4. The number of aliphatic hydroxyl groups is 1. The number of carbonyl (C=O) groups excluding carboxylic acids is 1. The standard InChI is InChI=1S/C23H32FN6O8P/c1-14(2)37-20(33)15(3)29-39(34,38-16-8-6-5-7-9-16)36-11-10-35-21(23(4,24)12-31)30-13-26-17-18(30)27-22(25)28-19(17)32/h5-9,13-15,21,31H,10-12H2,1-4H3,(H,29,34)(H3,25,27,28,32)/t15-,21-,23-,39+/m1/s1. The minimum atomic E-state index is -4.18. The van der Waals surface area contributed by atoms with Crippen LogP contribution in [0.4, 0.5) is 10.3 Å². The number of halogens is 1. The molecule has 0 aliphatic heterocycles. The lowest BCUT2D eigenvalue weighted by Crippen LogP contribution is -2.38. The van der Waals surface area contributed by atoms with Crippen LogP contribution in [-0.2, 0) is 23.4 Å². The zero-order valence-electron chi connectivity index (χ0n) is 21.9. The van der Waals surface area contributed by atoms with Gasteiger partial charge < -0.3 is 24.8 Å². The molecular weight excluding hydrogens is 538 g/mol. The number of alkyl halides is 1. The number of nitrogen functional groups attached to an aromatic ring is 1. The second-order valence-electron chi connectivity index (χ2n) is 9.01. The lowest BCUT2D eigenvalue weighted by Gasteiger charge is -2.30. The van der Waals surface area contributed by atoms with E-state index in [2.05, 4.69) is 20.0 Å². The number of aliphatic hydroxyl groups excluding tert-OH is 1. The number of para-hydroxylation sites is 1. The molecule has 0 unspecified atom stereocenters. The predicted molar refractivity (Wildman–Crippen MR) is 139 cm³/mol. The van der Waals surface area contributed by atoms with Crippen molar-refractivity contribution in [3.05, 3.63) is 47.0 Å². The molecule has 2 aromatic heterocycles. The van der Waals surface area contributed by atoms with Gasteiger partial charge in [-0.25, -0.2) is 13.9 Å². The summed E-state index contributed by atoms with van der Waals surface area (Å²) in [4.78, 5) is 34.6. The van der Waals surface area contributed by atoms with Gasteiger partial charge in [0, 0.05) is 0 Å². The van der Waals surface area contributed by atoms with Crippen LogP contribution in [-0.4, -0.2) is 68.2 Å². The first-order valence-electron chi connectivity index (χ1n) is 12.0. The van der Waals surface area contributed by atoms with Crippen molar-refractivity contribution in [1.29, 1.82) is 0 Å². The fraction of sp³-hybridized carbons (Fsp3) is 0.478. The van der Waals surface area contributed by atoms with E-state index in [4.69, 9.17) is 24.3 Å². The minimum Gasteiger partial charge on any atom is -0.462 e. The van der Waals surface area contributed by atoms with E-state index in [-0.39, 0.29) is 29.5 Å². The van der Waals surface area contributed by atoms with E-state index in [1.165, 1.54) is 6.92 Å². The fourth-order valence-corrected chi connectivity index (χ4v) is 4.86. The largest absolute Gasteiger partial charge is 0.462 e. The molecule has 1 aromatic carbocycles. The van der Waals surface area contributed by atoms with Crippen LogP contribution in [0.15, 0.2) is 41.5 Å². The second kappa shape index (κ2) is 12.7. The topological polar surface area (TPSA) is 193 Å². The predicted octanol–water partition coefficient (Wildman–Crippen LogP) is 2.07. The maximum absolute atomic E-state index is 15.3. The van der Waals surface area contributed by atoms with Crippen molar-refractivity contribution >= 4 is 30.8 Å². The van der Waals surface area contributed by atoms with Crippen molar-refractivity contribution < 1.29 is 37.4 Å². The molecule has 0 spiro atoms. The van der Waals surface area contributed by atoms with Crippen molar-refractivity contribution in [2.45, 2.75) is 51.7 Å². The average Bonchev–Trinajstić information content (AvgIpc) is 3.27. The highest BCUT2D eigenvalue weighted by Gasteiger charge is 2.38. The number of nitrogens with zero attached hydrogens (tertiary/aromatic N) is 3. The molecule has 0 bridgehead atoms. The van der Waals surface area contributed by atoms with Crippen molar-refractivity contribution in [2.75, 3.05) is 25.6 Å². The van der Waals surface area contributed by atoms with E-state index in [1.54, 1.807) is 44.2 Å². The molecule has 39 heavy (non-hydrogen) atoms. The SMILES string of the molecule is CC(C)OC(=O)[C@@H](C)N[P@](=O)(OCCO[C@@H](n1cnc2c(=O)[nH]c(N)nc21)[C@](C)(F)CO)Oc1ccccc1. The third-order valence-corrected chi connectivity index (χ3v) is 6.85. The van der Waals surface area contributed by atoms with E-state index < -0.39 is 56.5 Å². The van der Waals surface area contributed by atoms with E-state index in [0.29, 0.717) is 0 Å². The highest BCUT2D eigenvalue weighted by Crippen LogP contribution is 2.45. The van der Waals surface area contributed by atoms with Gasteiger partial charge in [0.1, 0.15) is 11.8 Å². The summed E-state index contributed by atoms with van der Waals surface area (Å²) in [6, 6.07) is 7.06. The van der Waals surface area contributed by atoms with Gasteiger partial charge >= 0.3 is 13.7 Å². The molecule has 4 atom stereocenters. The van der Waals surface area contributed by atoms with Gasteiger partial charge in [-0.1, -0.05) is 18.2 Å². The van der Waals surface area contributed by atoms with E-state index in [9.17, 15) is 19.3 Å². The zero-order chi connectivity index (χ0) is 28.8. The summed E-state index contributed by atoms with van der Waals surface area (Å²) in [6.45, 7) is 4.13. The molecule has 0 aliphatic carbocycles. The summed E-state index contributed by atoms with van der Waals surface area (Å²) in [5.41, 5.74) is 2.42. The lowest BCUT2D eigenvalue weighted by molar-refractivity contribution is -0.149. The number of nitrogens with two attached hydrogens (primary N) is 1. The number of rotatable bonds is 14. The smallest absolute Gasteiger partial charge is 0.459 e. The summed E-state index contributed by atoms with van der Waals surface area (Å²) in [7, 11) is -4.18. The number of aromatic nitrogens is 4. The second-order valence-corrected chi connectivity index (χ2v) is 10.7. The first kappa shape index (κ1) is 30.2. The van der Waals surface area contributed by atoms with Gasteiger partial charge in [0.2, 0.25) is 5.95 Å². The Bertz CT molecular complexity index is 1370. The summed E-state index contributed by atoms with van der Waals surface area (Å²) in [5, 5.41) is 12.2. The van der Waals surface area contributed by atoms with E-state index >= 15 is 4.39 Å². The van der Waals surface area contributed by atoms with E-state index in [1.807, 2.05) is 0 Å². The van der Waals surface area contributed by atoms with Crippen LogP contribution in [0.5, 0.6) is 5.75 Å². The van der Waals surface area contributed by atoms with Gasteiger partial charge in [0.15, 0.2) is 23.1 Å². The number of carbonyl (C=O) groups is 1. The number of ether oxygens (including phenoxy) is 2. The molecule has 3 aromatic rings.